The van der Waals surface area contributed by atoms with Gasteiger partial charge in [-0.3, -0.25) is 9.59 Å². The highest BCUT2D eigenvalue weighted by Crippen LogP contribution is 2.44. The second kappa shape index (κ2) is 6.33. The minimum Gasteiger partial charge on any atom is -0.458 e. The average molecular weight is 362 g/mol. The van der Waals surface area contributed by atoms with Crippen LogP contribution in [0.5, 0.6) is 0 Å². The van der Waals surface area contributed by atoms with E-state index in [4.69, 9.17) is 16.3 Å². The summed E-state index contributed by atoms with van der Waals surface area (Å²) in [5, 5.41) is 3.54. The molecule has 132 valence electrons. The summed E-state index contributed by atoms with van der Waals surface area (Å²) in [6, 6.07) is 5.41. The minimum atomic E-state index is -0.596. The van der Waals surface area contributed by atoms with Gasteiger partial charge in [0.2, 0.25) is 5.91 Å². The van der Waals surface area contributed by atoms with E-state index in [0.717, 1.165) is 43.1 Å². The highest BCUT2D eigenvalue weighted by Gasteiger charge is 2.52. The number of halogens is 1. The fourth-order valence-electron chi connectivity index (χ4n) is 4.04. The Balaban J connectivity index is 1.46. The molecule has 1 spiro atoms. The Morgan fingerprint density at radius 2 is 2.16 bits per heavy atom. The van der Waals surface area contributed by atoms with Crippen molar-refractivity contribution in [3.8, 4) is 0 Å². The van der Waals surface area contributed by atoms with Gasteiger partial charge in [-0.25, -0.2) is 4.98 Å². The fraction of sp³-hybridized carbons (Fsp3) is 0.500. The molecule has 1 saturated carbocycles. The maximum absolute atomic E-state index is 12.7. The number of hydrogen-bond acceptors (Lipinski definition) is 4. The van der Waals surface area contributed by atoms with E-state index < -0.39 is 11.5 Å². The first-order chi connectivity index (χ1) is 12.1. The average Bonchev–Trinajstić information content (AvgIpc) is 3.13. The van der Waals surface area contributed by atoms with Gasteiger partial charge >= 0.3 is 5.97 Å². The summed E-state index contributed by atoms with van der Waals surface area (Å²) in [7, 11) is 0. The molecule has 1 amide bonds. The molecule has 1 aliphatic heterocycles. The van der Waals surface area contributed by atoms with Gasteiger partial charge < -0.3 is 15.0 Å². The molecule has 2 aliphatic rings. The van der Waals surface area contributed by atoms with E-state index in [-0.39, 0.29) is 24.8 Å². The molecule has 25 heavy (non-hydrogen) atoms. The maximum atomic E-state index is 12.7. The van der Waals surface area contributed by atoms with Gasteiger partial charge in [-0.15, -0.1) is 0 Å². The second-order valence-corrected chi connectivity index (χ2v) is 7.36. The lowest BCUT2D eigenvalue weighted by Crippen LogP contribution is -2.45. The van der Waals surface area contributed by atoms with Gasteiger partial charge in [0.1, 0.15) is 11.4 Å². The zero-order chi connectivity index (χ0) is 17.4. The van der Waals surface area contributed by atoms with Crippen molar-refractivity contribution in [2.75, 3.05) is 0 Å². The Hall–Kier alpha value is -2.08. The molecule has 1 aromatic carbocycles. The smallest absolute Gasteiger partial charge is 0.307 e. The number of rotatable bonds is 3. The SMILES string of the molecule is O=C1C[C@@H](C(=O)NCc2nc3ccc(Cl)cc3[nH]2)C2(CCCCC2)O1. The number of esters is 1. The van der Waals surface area contributed by atoms with E-state index in [1.807, 2.05) is 6.07 Å². The van der Waals surface area contributed by atoms with Crippen molar-refractivity contribution < 1.29 is 14.3 Å². The molecule has 1 atom stereocenters. The number of nitrogens with one attached hydrogen (secondary N) is 2. The minimum absolute atomic E-state index is 0.133. The number of benzene rings is 1. The number of fused-ring (bicyclic) bond motifs is 1. The molecular formula is C18H20ClN3O3. The quantitative estimate of drug-likeness (QED) is 0.823. The maximum Gasteiger partial charge on any atom is 0.307 e. The standard InChI is InChI=1S/C18H20ClN3O3/c19-11-4-5-13-14(8-11)22-15(21-13)10-20-17(24)12-9-16(23)25-18(12)6-2-1-3-7-18/h4-5,8,12H,1-3,6-7,9-10H2,(H,20,24)(H,21,22)/t12-/m0/s1. The third-order valence-corrected chi connectivity index (χ3v) is 5.50. The molecule has 0 bridgehead atoms. The lowest BCUT2D eigenvalue weighted by molar-refractivity contribution is -0.153. The van der Waals surface area contributed by atoms with Gasteiger partial charge in [-0.2, -0.15) is 0 Å². The molecule has 0 unspecified atom stereocenters. The van der Waals surface area contributed by atoms with Gasteiger partial charge in [0.05, 0.1) is 29.9 Å². The zero-order valence-corrected chi connectivity index (χ0v) is 14.6. The second-order valence-electron chi connectivity index (χ2n) is 6.92. The normalized spacial score (nSPS) is 22.3. The number of imidazole rings is 1. The highest BCUT2D eigenvalue weighted by atomic mass is 35.5. The molecule has 2 fully saturated rings. The molecule has 6 nitrogen and oxygen atoms in total. The number of H-pyrrole nitrogens is 1. The van der Waals surface area contributed by atoms with Crippen molar-refractivity contribution in [2.24, 2.45) is 5.92 Å². The number of ether oxygens (including phenoxy) is 1. The number of aromatic nitrogens is 2. The van der Waals surface area contributed by atoms with Crippen molar-refractivity contribution in [3.05, 3.63) is 29.0 Å². The Kier molecular flexibility index (Phi) is 4.15. The molecule has 1 aromatic heterocycles. The van der Waals surface area contributed by atoms with E-state index in [2.05, 4.69) is 15.3 Å². The molecule has 2 heterocycles. The summed E-state index contributed by atoms with van der Waals surface area (Å²) in [6.45, 7) is 0.284. The third kappa shape index (κ3) is 3.11. The predicted octanol–water partition coefficient (Wildman–Crippen LogP) is 3.10. The molecular weight excluding hydrogens is 342 g/mol. The van der Waals surface area contributed by atoms with Crippen molar-refractivity contribution >= 4 is 34.5 Å². The van der Waals surface area contributed by atoms with Crippen molar-refractivity contribution in [1.29, 1.82) is 0 Å². The number of nitrogens with zero attached hydrogens (tertiary/aromatic N) is 1. The van der Waals surface area contributed by atoms with Crippen LogP contribution in [0.25, 0.3) is 11.0 Å². The van der Waals surface area contributed by atoms with Crippen LogP contribution in [0.4, 0.5) is 0 Å². The third-order valence-electron chi connectivity index (χ3n) is 5.26. The largest absolute Gasteiger partial charge is 0.458 e. The Labute approximate surface area is 150 Å². The summed E-state index contributed by atoms with van der Waals surface area (Å²) in [4.78, 5) is 32.1. The summed E-state index contributed by atoms with van der Waals surface area (Å²) in [6.07, 6.45) is 4.86. The van der Waals surface area contributed by atoms with E-state index in [9.17, 15) is 9.59 Å². The molecule has 7 heteroatoms. The Morgan fingerprint density at radius 1 is 1.36 bits per heavy atom. The van der Waals surface area contributed by atoms with Crippen molar-refractivity contribution in [2.45, 2.75) is 50.7 Å². The molecule has 2 aromatic rings. The summed E-state index contributed by atoms with van der Waals surface area (Å²) in [5.41, 5.74) is 1.04. The van der Waals surface area contributed by atoms with E-state index in [1.54, 1.807) is 12.1 Å². The number of carbonyl (C=O) groups excluding carboxylic acids is 2. The van der Waals surface area contributed by atoms with E-state index in [0.29, 0.717) is 10.8 Å². The number of amides is 1. The van der Waals surface area contributed by atoms with Gasteiger partial charge in [0.15, 0.2) is 0 Å². The predicted molar refractivity (Wildman–Crippen MR) is 93.0 cm³/mol. The lowest BCUT2D eigenvalue weighted by Gasteiger charge is -2.35. The van der Waals surface area contributed by atoms with Gasteiger partial charge in [-0.05, 0) is 43.9 Å². The van der Waals surface area contributed by atoms with Crippen LogP contribution in [0.15, 0.2) is 18.2 Å². The first kappa shape index (κ1) is 16.4. The first-order valence-electron chi connectivity index (χ1n) is 8.69. The summed E-state index contributed by atoms with van der Waals surface area (Å²) < 4.78 is 5.60. The monoisotopic (exact) mass is 361 g/mol. The lowest BCUT2D eigenvalue weighted by atomic mass is 9.75. The highest BCUT2D eigenvalue weighted by molar-refractivity contribution is 6.31. The fourth-order valence-corrected chi connectivity index (χ4v) is 4.21. The topological polar surface area (TPSA) is 84.1 Å². The first-order valence-corrected chi connectivity index (χ1v) is 9.07. The molecule has 2 N–H and O–H groups in total. The van der Waals surface area contributed by atoms with Crippen LogP contribution in [-0.2, 0) is 20.9 Å². The number of carbonyl (C=O) groups is 2. The van der Waals surface area contributed by atoms with Crippen LogP contribution in [-0.4, -0.2) is 27.4 Å². The molecule has 1 aliphatic carbocycles. The molecule has 1 saturated heterocycles. The van der Waals surface area contributed by atoms with E-state index >= 15 is 0 Å². The van der Waals surface area contributed by atoms with Crippen LogP contribution in [0.1, 0.15) is 44.3 Å². The van der Waals surface area contributed by atoms with Crippen LogP contribution in [0.3, 0.4) is 0 Å². The van der Waals surface area contributed by atoms with Crippen molar-refractivity contribution in [3.63, 3.8) is 0 Å². The van der Waals surface area contributed by atoms with Crippen LogP contribution < -0.4 is 5.32 Å². The van der Waals surface area contributed by atoms with Crippen LogP contribution >= 0.6 is 11.6 Å². The number of aromatic amines is 1. The van der Waals surface area contributed by atoms with Gasteiger partial charge in [0.25, 0.3) is 0 Å². The summed E-state index contributed by atoms with van der Waals surface area (Å²) in [5.74, 6) is -0.139. The van der Waals surface area contributed by atoms with Crippen LogP contribution in [0.2, 0.25) is 5.02 Å². The molecule has 4 rings (SSSR count). The number of hydrogen-bond donors (Lipinski definition) is 2. The Bertz CT molecular complexity index is 826. The zero-order valence-electron chi connectivity index (χ0n) is 13.8. The van der Waals surface area contributed by atoms with Crippen molar-refractivity contribution in [1.82, 2.24) is 15.3 Å². The Morgan fingerprint density at radius 3 is 2.96 bits per heavy atom. The van der Waals surface area contributed by atoms with Gasteiger partial charge in [0, 0.05) is 5.02 Å². The van der Waals surface area contributed by atoms with E-state index in [1.165, 1.54) is 0 Å². The summed E-state index contributed by atoms with van der Waals surface area (Å²) >= 11 is 5.97. The van der Waals surface area contributed by atoms with Gasteiger partial charge in [-0.1, -0.05) is 18.0 Å². The van der Waals surface area contributed by atoms with Crippen LogP contribution in [0, 0.1) is 5.92 Å². The molecule has 0 radical (unpaired) electrons.